The number of nitrogens with zero attached hydrogens (tertiary/aromatic N) is 5. The van der Waals surface area contributed by atoms with Crippen molar-refractivity contribution in [3.8, 4) is 12.1 Å². The number of rotatable bonds is 4. The number of benzene rings is 2. The number of nitriles is 2. The van der Waals surface area contributed by atoms with Gasteiger partial charge in [0.25, 0.3) is 5.91 Å². The Bertz CT molecular complexity index is 1210. The Labute approximate surface area is 191 Å². The van der Waals surface area contributed by atoms with Crippen molar-refractivity contribution in [3.63, 3.8) is 0 Å². The number of pyridine rings is 1. The molecule has 0 radical (unpaired) electrons. The van der Waals surface area contributed by atoms with Crippen molar-refractivity contribution < 1.29 is 4.79 Å². The summed E-state index contributed by atoms with van der Waals surface area (Å²) in [5, 5.41) is 18.8. The van der Waals surface area contributed by atoms with Gasteiger partial charge in [-0.25, -0.2) is 4.98 Å². The van der Waals surface area contributed by atoms with E-state index in [2.05, 4.69) is 22.0 Å². The zero-order valence-corrected chi connectivity index (χ0v) is 18.3. The van der Waals surface area contributed by atoms with E-state index in [-0.39, 0.29) is 5.91 Å². The average molecular weight is 440 g/mol. The van der Waals surface area contributed by atoms with Crippen LogP contribution in [0.25, 0.3) is 0 Å². The molecule has 32 heavy (non-hydrogen) atoms. The van der Waals surface area contributed by atoms with Crippen molar-refractivity contribution in [3.05, 3.63) is 83.6 Å². The lowest BCUT2D eigenvalue weighted by Gasteiger charge is -2.24. The van der Waals surface area contributed by atoms with Crippen LogP contribution in [0.3, 0.4) is 0 Å². The minimum Gasteiger partial charge on any atom is -0.354 e. The van der Waals surface area contributed by atoms with Gasteiger partial charge < -0.3 is 9.80 Å². The van der Waals surface area contributed by atoms with Gasteiger partial charge in [0, 0.05) is 42.2 Å². The molecule has 158 valence electrons. The number of hydrogen-bond donors (Lipinski definition) is 0. The number of hydrogen-bond acceptors (Lipinski definition) is 6. The lowest BCUT2D eigenvalue weighted by atomic mass is 10.2. The van der Waals surface area contributed by atoms with Gasteiger partial charge in [0.1, 0.15) is 18.0 Å². The first kappa shape index (κ1) is 21.4. The van der Waals surface area contributed by atoms with Gasteiger partial charge in [-0.3, -0.25) is 4.79 Å². The standard InChI is InChI=1S/C25H21N5OS/c26-17-19-7-1-3-10-22(19)32-23-11-4-2-9-21(23)25(31)30-14-6-13-29(15-16-30)24-20(18-27)8-5-12-28-24/h1-5,7-12H,6,13-16H2. The van der Waals surface area contributed by atoms with Crippen LogP contribution in [0.15, 0.2) is 76.7 Å². The summed E-state index contributed by atoms with van der Waals surface area (Å²) in [5.41, 5.74) is 1.77. The topological polar surface area (TPSA) is 84.0 Å². The van der Waals surface area contributed by atoms with Crippen molar-refractivity contribution in [1.82, 2.24) is 9.88 Å². The molecule has 1 saturated heterocycles. The highest BCUT2D eigenvalue weighted by molar-refractivity contribution is 7.99. The second-order valence-corrected chi connectivity index (χ2v) is 8.41. The number of aromatic nitrogens is 1. The van der Waals surface area contributed by atoms with Gasteiger partial charge in [-0.2, -0.15) is 10.5 Å². The lowest BCUT2D eigenvalue weighted by molar-refractivity contribution is 0.0763. The molecule has 0 atom stereocenters. The molecule has 0 spiro atoms. The Balaban J connectivity index is 1.53. The number of carbonyl (C=O) groups excluding carboxylic acids is 1. The molecule has 1 aliphatic heterocycles. The smallest absolute Gasteiger partial charge is 0.255 e. The van der Waals surface area contributed by atoms with E-state index in [9.17, 15) is 15.3 Å². The quantitative estimate of drug-likeness (QED) is 0.602. The van der Waals surface area contributed by atoms with E-state index in [1.54, 1.807) is 24.4 Å². The van der Waals surface area contributed by atoms with Crippen molar-refractivity contribution in [2.45, 2.75) is 16.2 Å². The van der Waals surface area contributed by atoms with E-state index in [4.69, 9.17) is 0 Å². The molecular weight excluding hydrogens is 418 g/mol. The third-order valence-corrected chi connectivity index (χ3v) is 6.49. The maximum Gasteiger partial charge on any atom is 0.255 e. The summed E-state index contributed by atoms with van der Waals surface area (Å²) in [6.45, 7) is 2.54. The van der Waals surface area contributed by atoms with Crippen molar-refractivity contribution >= 4 is 23.5 Å². The van der Waals surface area contributed by atoms with Gasteiger partial charge in [-0.15, -0.1) is 0 Å². The van der Waals surface area contributed by atoms with E-state index >= 15 is 0 Å². The van der Waals surface area contributed by atoms with Crippen LogP contribution in [0.4, 0.5) is 5.82 Å². The van der Waals surface area contributed by atoms with E-state index in [1.165, 1.54) is 11.8 Å². The molecule has 2 heterocycles. The molecule has 2 aromatic carbocycles. The zero-order chi connectivity index (χ0) is 22.3. The Kier molecular flexibility index (Phi) is 6.69. The van der Waals surface area contributed by atoms with Crippen LogP contribution in [0.5, 0.6) is 0 Å². The molecule has 0 unspecified atom stereocenters. The molecule has 0 bridgehead atoms. The fraction of sp³-hybridized carbons (Fsp3) is 0.200. The monoisotopic (exact) mass is 439 g/mol. The summed E-state index contributed by atoms with van der Waals surface area (Å²) in [7, 11) is 0. The summed E-state index contributed by atoms with van der Waals surface area (Å²) in [4.78, 5) is 23.4. The molecule has 3 aromatic rings. The first-order valence-corrected chi connectivity index (χ1v) is 11.2. The van der Waals surface area contributed by atoms with Crippen LogP contribution in [0.1, 0.15) is 27.9 Å². The van der Waals surface area contributed by atoms with Gasteiger partial charge in [0.05, 0.1) is 16.7 Å². The third-order valence-electron chi connectivity index (χ3n) is 5.33. The maximum atomic E-state index is 13.4. The third kappa shape index (κ3) is 4.59. The fourth-order valence-corrected chi connectivity index (χ4v) is 4.76. The van der Waals surface area contributed by atoms with E-state index in [0.717, 1.165) is 22.8 Å². The highest BCUT2D eigenvalue weighted by Crippen LogP contribution is 2.33. The van der Waals surface area contributed by atoms with Gasteiger partial charge in [-0.05, 0) is 42.8 Å². The molecule has 1 fully saturated rings. The predicted octanol–water partition coefficient (Wildman–Crippen LogP) is 4.33. The number of carbonyl (C=O) groups is 1. The van der Waals surface area contributed by atoms with E-state index < -0.39 is 0 Å². The van der Waals surface area contributed by atoms with Crippen LogP contribution in [0.2, 0.25) is 0 Å². The summed E-state index contributed by atoms with van der Waals surface area (Å²) in [6, 6.07) is 22.9. The number of anilines is 1. The Hall–Kier alpha value is -3.81. The van der Waals surface area contributed by atoms with Crippen molar-refractivity contribution in [2.24, 2.45) is 0 Å². The van der Waals surface area contributed by atoms with Gasteiger partial charge in [-0.1, -0.05) is 36.0 Å². The van der Waals surface area contributed by atoms with Crippen molar-refractivity contribution in [2.75, 3.05) is 31.1 Å². The van der Waals surface area contributed by atoms with E-state index in [1.807, 2.05) is 47.4 Å². The van der Waals surface area contributed by atoms with Crippen LogP contribution in [-0.2, 0) is 0 Å². The predicted molar refractivity (Wildman–Crippen MR) is 123 cm³/mol. The SMILES string of the molecule is N#Cc1ccccc1Sc1ccccc1C(=O)N1CCCN(c2ncccc2C#N)CC1. The first-order valence-electron chi connectivity index (χ1n) is 10.4. The minimum atomic E-state index is -0.0223. The number of amides is 1. The van der Waals surface area contributed by atoms with Gasteiger partial charge >= 0.3 is 0 Å². The molecule has 7 heteroatoms. The first-order chi connectivity index (χ1) is 15.7. The second kappa shape index (κ2) is 10.00. The van der Waals surface area contributed by atoms with Crippen molar-refractivity contribution in [1.29, 1.82) is 10.5 Å². The summed E-state index contributed by atoms with van der Waals surface area (Å²) >= 11 is 1.44. The van der Waals surface area contributed by atoms with Gasteiger partial charge in [0.2, 0.25) is 0 Å². The van der Waals surface area contributed by atoms with Crippen LogP contribution >= 0.6 is 11.8 Å². The fourth-order valence-electron chi connectivity index (χ4n) is 3.74. The molecule has 6 nitrogen and oxygen atoms in total. The average Bonchev–Trinajstić information content (AvgIpc) is 3.10. The molecule has 0 saturated carbocycles. The largest absolute Gasteiger partial charge is 0.354 e. The summed E-state index contributed by atoms with van der Waals surface area (Å²) < 4.78 is 0. The zero-order valence-electron chi connectivity index (χ0n) is 17.4. The van der Waals surface area contributed by atoms with Crippen LogP contribution < -0.4 is 4.90 Å². The van der Waals surface area contributed by atoms with E-state index in [0.29, 0.717) is 42.1 Å². The normalized spacial score (nSPS) is 13.7. The summed E-state index contributed by atoms with van der Waals surface area (Å²) in [6.07, 6.45) is 2.48. The van der Waals surface area contributed by atoms with Crippen LogP contribution in [-0.4, -0.2) is 42.0 Å². The minimum absolute atomic E-state index is 0.0223. The highest BCUT2D eigenvalue weighted by Gasteiger charge is 2.24. The second-order valence-electron chi connectivity index (χ2n) is 7.33. The molecule has 0 N–H and O–H groups in total. The molecular formula is C25H21N5OS. The highest BCUT2D eigenvalue weighted by atomic mass is 32.2. The van der Waals surface area contributed by atoms with Gasteiger partial charge in [0.15, 0.2) is 0 Å². The van der Waals surface area contributed by atoms with Crippen LogP contribution in [0, 0.1) is 22.7 Å². The molecule has 1 aromatic heterocycles. The lowest BCUT2D eigenvalue weighted by Crippen LogP contribution is -2.35. The Morgan fingerprint density at radius 2 is 1.56 bits per heavy atom. The molecule has 4 rings (SSSR count). The Morgan fingerprint density at radius 1 is 0.844 bits per heavy atom. The molecule has 1 amide bonds. The molecule has 1 aliphatic rings. The Morgan fingerprint density at radius 3 is 2.38 bits per heavy atom. The molecule has 0 aliphatic carbocycles. The maximum absolute atomic E-state index is 13.4. The summed E-state index contributed by atoms with van der Waals surface area (Å²) in [5.74, 6) is 0.652.